The summed E-state index contributed by atoms with van der Waals surface area (Å²) >= 11 is 6.10. The summed E-state index contributed by atoms with van der Waals surface area (Å²) < 4.78 is 0. The van der Waals surface area contributed by atoms with E-state index in [0.717, 1.165) is 11.4 Å². The minimum absolute atomic E-state index is 0.0765. The maximum atomic E-state index is 6.10. The Balaban J connectivity index is 2.99. The second-order valence-corrected chi connectivity index (χ2v) is 4.31. The molecule has 0 aromatic heterocycles. The van der Waals surface area contributed by atoms with E-state index in [-0.39, 0.29) is 5.41 Å². The molecule has 0 atom stereocenters. The van der Waals surface area contributed by atoms with E-state index < -0.39 is 0 Å². The second kappa shape index (κ2) is 4.12. The number of hydrogen-bond acceptors (Lipinski definition) is 1. The van der Waals surface area contributed by atoms with Gasteiger partial charge in [0.1, 0.15) is 0 Å². The average Bonchev–Trinajstić information content (AvgIpc) is 2.04. The lowest BCUT2D eigenvalue weighted by Crippen LogP contribution is -2.21. The van der Waals surface area contributed by atoms with Gasteiger partial charge in [-0.25, -0.2) is 0 Å². The van der Waals surface area contributed by atoms with Crippen molar-refractivity contribution in [1.82, 2.24) is 0 Å². The number of nitrogens with two attached hydrogens (primary N) is 1. The molecular weight excluding hydrogens is 182 g/mol. The highest BCUT2D eigenvalue weighted by atomic mass is 35.5. The van der Waals surface area contributed by atoms with Gasteiger partial charge in [-0.3, -0.25) is 0 Å². The molecule has 0 aliphatic carbocycles. The van der Waals surface area contributed by atoms with Crippen LogP contribution in [0.25, 0.3) is 0 Å². The molecule has 0 amide bonds. The standard InChI is InChI=1S/C11H16ClN/c1-11(2,7-8-13)9-5-3-4-6-10(9)12/h3-6H,7-8,13H2,1-2H3. The maximum Gasteiger partial charge on any atom is 0.0443 e. The third-order valence-corrected chi connectivity index (χ3v) is 2.70. The minimum Gasteiger partial charge on any atom is -0.330 e. The largest absolute Gasteiger partial charge is 0.330 e. The molecule has 0 spiro atoms. The van der Waals surface area contributed by atoms with Crippen molar-refractivity contribution in [2.75, 3.05) is 6.54 Å². The predicted molar refractivity (Wildman–Crippen MR) is 58.1 cm³/mol. The highest BCUT2D eigenvalue weighted by molar-refractivity contribution is 6.31. The van der Waals surface area contributed by atoms with Gasteiger partial charge in [-0.15, -0.1) is 0 Å². The molecule has 0 aliphatic rings. The zero-order valence-electron chi connectivity index (χ0n) is 8.18. The summed E-state index contributed by atoms with van der Waals surface area (Å²) in [6.07, 6.45) is 0.955. The number of benzene rings is 1. The maximum absolute atomic E-state index is 6.10. The van der Waals surface area contributed by atoms with E-state index in [1.54, 1.807) is 0 Å². The lowest BCUT2D eigenvalue weighted by Gasteiger charge is -2.25. The van der Waals surface area contributed by atoms with Crippen LogP contribution in [-0.4, -0.2) is 6.54 Å². The molecule has 13 heavy (non-hydrogen) atoms. The Labute approximate surface area is 84.9 Å². The molecule has 2 heteroatoms. The Kier molecular flexibility index (Phi) is 3.34. The van der Waals surface area contributed by atoms with Gasteiger partial charge >= 0.3 is 0 Å². The molecule has 0 fully saturated rings. The Morgan fingerprint density at radius 3 is 2.46 bits per heavy atom. The predicted octanol–water partition coefficient (Wildman–Crippen LogP) is 2.97. The van der Waals surface area contributed by atoms with Crippen LogP contribution in [0, 0.1) is 0 Å². The van der Waals surface area contributed by atoms with Crippen LogP contribution in [-0.2, 0) is 5.41 Å². The van der Waals surface area contributed by atoms with Crippen LogP contribution in [0.4, 0.5) is 0 Å². The van der Waals surface area contributed by atoms with E-state index in [4.69, 9.17) is 17.3 Å². The normalized spacial score (nSPS) is 11.7. The van der Waals surface area contributed by atoms with Gasteiger partial charge < -0.3 is 5.73 Å². The Morgan fingerprint density at radius 2 is 1.92 bits per heavy atom. The fourth-order valence-corrected chi connectivity index (χ4v) is 1.90. The quantitative estimate of drug-likeness (QED) is 0.792. The van der Waals surface area contributed by atoms with Crippen molar-refractivity contribution in [2.45, 2.75) is 25.7 Å². The summed E-state index contributed by atoms with van der Waals surface area (Å²) in [7, 11) is 0. The molecule has 0 unspecified atom stereocenters. The summed E-state index contributed by atoms with van der Waals surface area (Å²) in [4.78, 5) is 0. The van der Waals surface area contributed by atoms with Crippen LogP contribution < -0.4 is 5.73 Å². The molecule has 0 bridgehead atoms. The molecule has 0 heterocycles. The summed E-state index contributed by atoms with van der Waals surface area (Å²) in [6, 6.07) is 7.96. The van der Waals surface area contributed by atoms with Crippen LogP contribution in [0.3, 0.4) is 0 Å². The number of rotatable bonds is 3. The van der Waals surface area contributed by atoms with Crippen molar-refractivity contribution in [2.24, 2.45) is 5.73 Å². The topological polar surface area (TPSA) is 26.0 Å². The highest BCUT2D eigenvalue weighted by Gasteiger charge is 2.21. The molecule has 1 aromatic carbocycles. The SMILES string of the molecule is CC(C)(CCN)c1ccccc1Cl. The van der Waals surface area contributed by atoms with Crippen molar-refractivity contribution < 1.29 is 0 Å². The van der Waals surface area contributed by atoms with Crippen molar-refractivity contribution in [3.05, 3.63) is 34.9 Å². The third kappa shape index (κ3) is 2.45. The van der Waals surface area contributed by atoms with Crippen molar-refractivity contribution >= 4 is 11.6 Å². The van der Waals surface area contributed by atoms with E-state index in [2.05, 4.69) is 19.9 Å². The van der Waals surface area contributed by atoms with Crippen LogP contribution in [0.5, 0.6) is 0 Å². The molecule has 0 saturated heterocycles. The second-order valence-electron chi connectivity index (χ2n) is 3.90. The Morgan fingerprint density at radius 1 is 1.31 bits per heavy atom. The first-order valence-electron chi connectivity index (χ1n) is 4.53. The van der Waals surface area contributed by atoms with E-state index in [9.17, 15) is 0 Å². The lowest BCUT2D eigenvalue weighted by molar-refractivity contribution is 0.488. The summed E-state index contributed by atoms with van der Waals surface area (Å²) in [5.41, 5.74) is 6.82. The fourth-order valence-electron chi connectivity index (χ4n) is 1.51. The first kappa shape index (κ1) is 10.6. The van der Waals surface area contributed by atoms with Crippen LogP contribution in [0.1, 0.15) is 25.8 Å². The molecule has 72 valence electrons. The molecular formula is C11H16ClN. The van der Waals surface area contributed by atoms with E-state index in [1.807, 2.05) is 18.2 Å². The lowest BCUT2D eigenvalue weighted by atomic mass is 9.81. The van der Waals surface area contributed by atoms with Crippen molar-refractivity contribution in [3.8, 4) is 0 Å². The number of hydrogen-bond donors (Lipinski definition) is 1. The highest BCUT2D eigenvalue weighted by Crippen LogP contribution is 2.31. The zero-order valence-corrected chi connectivity index (χ0v) is 8.93. The molecule has 2 N–H and O–H groups in total. The van der Waals surface area contributed by atoms with Gasteiger partial charge in [0.2, 0.25) is 0 Å². The van der Waals surface area contributed by atoms with Gasteiger partial charge in [-0.05, 0) is 30.0 Å². The summed E-state index contributed by atoms with van der Waals surface area (Å²) in [5.74, 6) is 0. The van der Waals surface area contributed by atoms with E-state index >= 15 is 0 Å². The monoisotopic (exact) mass is 197 g/mol. The zero-order chi connectivity index (χ0) is 9.90. The smallest absolute Gasteiger partial charge is 0.0443 e. The first-order chi connectivity index (χ1) is 6.08. The molecule has 1 nitrogen and oxygen atoms in total. The Bertz CT molecular complexity index is 281. The van der Waals surface area contributed by atoms with Crippen molar-refractivity contribution in [3.63, 3.8) is 0 Å². The third-order valence-electron chi connectivity index (χ3n) is 2.37. The van der Waals surface area contributed by atoms with Gasteiger partial charge in [0.15, 0.2) is 0 Å². The van der Waals surface area contributed by atoms with Gasteiger partial charge in [0.25, 0.3) is 0 Å². The van der Waals surface area contributed by atoms with Crippen LogP contribution in [0.15, 0.2) is 24.3 Å². The Hall–Kier alpha value is -0.530. The molecule has 0 saturated carbocycles. The van der Waals surface area contributed by atoms with Crippen LogP contribution >= 0.6 is 11.6 Å². The molecule has 1 aromatic rings. The number of halogens is 1. The molecule has 0 aliphatic heterocycles. The molecule has 1 rings (SSSR count). The van der Waals surface area contributed by atoms with Gasteiger partial charge in [0.05, 0.1) is 0 Å². The van der Waals surface area contributed by atoms with Gasteiger partial charge in [0, 0.05) is 5.02 Å². The average molecular weight is 198 g/mol. The van der Waals surface area contributed by atoms with Gasteiger partial charge in [-0.1, -0.05) is 43.6 Å². The van der Waals surface area contributed by atoms with E-state index in [1.165, 1.54) is 5.56 Å². The minimum atomic E-state index is 0.0765. The van der Waals surface area contributed by atoms with Gasteiger partial charge in [-0.2, -0.15) is 0 Å². The fraction of sp³-hybridized carbons (Fsp3) is 0.455. The summed E-state index contributed by atoms with van der Waals surface area (Å²) in [6.45, 7) is 5.03. The van der Waals surface area contributed by atoms with Crippen LogP contribution in [0.2, 0.25) is 5.02 Å². The van der Waals surface area contributed by atoms with E-state index in [0.29, 0.717) is 6.54 Å². The van der Waals surface area contributed by atoms with Crippen molar-refractivity contribution in [1.29, 1.82) is 0 Å². The summed E-state index contributed by atoms with van der Waals surface area (Å²) in [5, 5.41) is 0.834. The molecule has 0 radical (unpaired) electrons. The first-order valence-corrected chi connectivity index (χ1v) is 4.91.